The van der Waals surface area contributed by atoms with Crippen LogP contribution in [-0.4, -0.2) is 17.3 Å². The van der Waals surface area contributed by atoms with Gasteiger partial charge in [-0.1, -0.05) is 0 Å². The predicted octanol–water partition coefficient (Wildman–Crippen LogP) is 3.97. The highest BCUT2D eigenvalue weighted by Gasteiger charge is 2.63. The number of nitrogens with two attached hydrogens (primary N) is 1. The Morgan fingerprint density at radius 3 is 1.19 bits per heavy atom. The molecule has 2 nitrogen and oxygen atoms in total. The van der Waals surface area contributed by atoms with E-state index in [0.717, 1.165) is 0 Å². The number of pyridine rings is 1. The zero-order valence-corrected chi connectivity index (χ0v) is 9.46. The predicted molar refractivity (Wildman–Crippen MR) is 48.5 cm³/mol. The van der Waals surface area contributed by atoms with E-state index in [9.17, 15) is 43.9 Å². The molecule has 21 heavy (non-hydrogen) atoms. The number of aromatic nitrogens is 1. The second kappa shape index (κ2) is 4.63. The van der Waals surface area contributed by atoms with Gasteiger partial charge in [0, 0.05) is 12.4 Å². The van der Waals surface area contributed by atoms with E-state index < -0.39 is 41.0 Å². The number of alkyl halides is 10. The van der Waals surface area contributed by atoms with Crippen molar-refractivity contribution in [2.45, 2.75) is 24.2 Å². The lowest BCUT2D eigenvalue weighted by molar-refractivity contribution is -0.291. The first-order chi connectivity index (χ1) is 9.14. The van der Waals surface area contributed by atoms with E-state index in [1.807, 2.05) is 0 Å². The molecule has 0 aliphatic rings. The van der Waals surface area contributed by atoms with Crippen LogP contribution in [0, 0.1) is 0 Å². The number of anilines is 1. The van der Waals surface area contributed by atoms with E-state index in [2.05, 4.69) is 10.7 Å². The third-order valence-electron chi connectivity index (χ3n) is 2.38. The van der Waals surface area contributed by atoms with Crippen molar-refractivity contribution >= 4 is 5.69 Å². The molecule has 12 heteroatoms. The Labute approximate surface area is 109 Å². The smallest absolute Gasteiger partial charge is 0.398 e. The molecule has 0 amide bonds. The third-order valence-corrected chi connectivity index (χ3v) is 2.38. The summed E-state index contributed by atoms with van der Waals surface area (Å²) < 4.78 is 125. The second-order valence-electron chi connectivity index (χ2n) is 3.79. The monoisotopic (exact) mass is 330 g/mol. The van der Waals surface area contributed by atoms with E-state index in [1.54, 1.807) is 0 Å². The van der Waals surface area contributed by atoms with Crippen molar-refractivity contribution in [1.29, 1.82) is 0 Å². The average molecular weight is 330 g/mol. The molecule has 0 aliphatic carbocycles. The van der Waals surface area contributed by atoms with Gasteiger partial charge in [-0.2, -0.15) is 43.9 Å². The number of nitrogen functional groups attached to an aromatic ring is 1. The molecule has 1 aromatic rings. The highest BCUT2D eigenvalue weighted by molar-refractivity contribution is 5.56. The minimum atomic E-state index is -6.24. The van der Waals surface area contributed by atoms with Crippen LogP contribution in [0.5, 0.6) is 0 Å². The number of hydrogen-bond acceptors (Lipinski definition) is 2. The Hall–Kier alpha value is -1.75. The van der Waals surface area contributed by atoms with E-state index in [1.165, 1.54) is 0 Å². The summed E-state index contributed by atoms with van der Waals surface area (Å²) in [6.07, 6.45) is -12.9. The van der Waals surface area contributed by atoms with Gasteiger partial charge in [0.1, 0.15) is 0 Å². The van der Waals surface area contributed by atoms with Crippen LogP contribution in [0.4, 0.5) is 49.6 Å². The van der Waals surface area contributed by atoms with Crippen LogP contribution in [0.2, 0.25) is 0 Å². The second-order valence-corrected chi connectivity index (χ2v) is 3.79. The maximum absolute atomic E-state index is 13.0. The first-order valence-corrected chi connectivity index (χ1v) is 4.77. The Bertz CT molecular complexity index is 486. The molecule has 1 heterocycles. The summed E-state index contributed by atoms with van der Waals surface area (Å²) in [7, 11) is 0. The van der Waals surface area contributed by atoms with E-state index in [-0.39, 0.29) is 12.4 Å². The summed E-state index contributed by atoms with van der Waals surface area (Å²) in [5.41, 5.74) is -1.95. The Morgan fingerprint density at radius 1 is 0.667 bits per heavy atom. The topological polar surface area (TPSA) is 38.9 Å². The fraction of sp³-hybridized carbons (Fsp3) is 0.444. The average Bonchev–Trinajstić information content (AvgIpc) is 2.25. The molecule has 0 aliphatic heterocycles. The van der Waals surface area contributed by atoms with Gasteiger partial charge >= 0.3 is 24.2 Å². The molecule has 0 bridgehead atoms. The van der Waals surface area contributed by atoms with Gasteiger partial charge in [0.25, 0.3) is 0 Å². The molecular weight excluding hydrogens is 326 g/mol. The maximum Gasteiger partial charge on any atom is 0.458 e. The number of hydrogen-bond donors (Lipinski definition) is 1. The Kier molecular flexibility index (Phi) is 3.81. The number of halogens is 10. The van der Waals surface area contributed by atoms with Gasteiger partial charge in [0.2, 0.25) is 0 Å². The summed E-state index contributed by atoms with van der Waals surface area (Å²) in [6, 6.07) is 0. The molecule has 0 fully saturated rings. The highest BCUT2D eigenvalue weighted by atomic mass is 19.4. The summed E-state index contributed by atoms with van der Waals surface area (Å²) in [6.45, 7) is 0. The van der Waals surface area contributed by atoms with Crippen molar-refractivity contribution in [3.05, 3.63) is 23.5 Å². The van der Waals surface area contributed by atoms with Gasteiger partial charge in [0.15, 0.2) is 0 Å². The molecule has 1 aromatic heterocycles. The Morgan fingerprint density at radius 2 is 0.952 bits per heavy atom. The first kappa shape index (κ1) is 17.3. The van der Waals surface area contributed by atoms with Crippen LogP contribution in [0.1, 0.15) is 11.1 Å². The minimum absolute atomic E-state index is 0.223. The third kappa shape index (κ3) is 2.70. The lowest BCUT2D eigenvalue weighted by Crippen LogP contribution is -2.38. The maximum atomic E-state index is 13.0. The first-order valence-electron chi connectivity index (χ1n) is 4.77. The molecule has 2 N–H and O–H groups in total. The van der Waals surface area contributed by atoms with E-state index in [4.69, 9.17) is 0 Å². The highest BCUT2D eigenvalue weighted by Crippen LogP contribution is 2.50. The fourth-order valence-corrected chi connectivity index (χ4v) is 1.28. The fourth-order valence-electron chi connectivity index (χ4n) is 1.28. The van der Waals surface area contributed by atoms with Crippen molar-refractivity contribution in [1.82, 2.24) is 4.98 Å². The SMILES string of the molecule is Nc1c(C(F)(F)C(F)(F)F)cncc1C(F)(F)C(F)(F)F. The molecule has 0 radical (unpaired) electrons. The van der Waals surface area contributed by atoms with Crippen LogP contribution < -0.4 is 5.73 Å². The number of rotatable bonds is 2. The van der Waals surface area contributed by atoms with Crippen LogP contribution in [-0.2, 0) is 11.8 Å². The summed E-state index contributed by atoms with van der Waals surface area (Å²) in [5.74, 6) is -11.5. The molecular formula is C9H4F10N2. The van der Waals surface area contributed by atoms with Gasteiger partial charge in [-0.25, -0.2) is 0 Å². The molecule has 0 spiro atoms. The van der Waals surface area contributed by atoms with Gasteiger partial charge < -0.3 is 5.73 Å². The van der Waals surface area contributed by atoms with Gasteiger partial charge in [-0.05, 0) is 0 Å². The molecule has 0 saturated heterocycles. The van der Waals surface area contributed by atoms with E-state index >= 15 is 0 Å². The van der Waals surface area contributed by atoms with Crippen LogP contribution in [0.25, 0.3) is 0 Å². The molecule has 0 unspecified atom stereocenters. The summed E-state index contributed by atoms with van der Waals surface area (Å²) in [4.78, 5) is 2.57. The molecule has 0 aromatic carbocycles. The van der Waals surface area contributed by atoms with Crippen molar-refractivity contribution in [2.24, 2.45) is 0 Å². The normalized spacial score (nSPS) is 14.4. The molecule has 120 valence electrons. The standard InChI is InChI=1S/C9H4F10N2/c10-6(11,8(14,15)16)3-1-21-2-4(5(3)20)7(12,13)9(17,18)19/h1-2H,(H2,20,21). The Balaban J connectivity index is 3.56. The van der Waals surface area contributed by atoms with Crippen molar-refractivity contribution in [3.63, 3.8) is 0 Å². The zero-order valence-electron chi connectivity index (χ0n) is 9.46. The molecule has 0 saturated carbocycles. The van der Waals surface area contributed by atoms with Crippen molar-refractivity contribution < 1.29 is 43.9 Å². The van der Waals surface area contributed by atoms with Crippen molar-refractivity contribution in [3.8, 4) is 0 Å². The van der Waals surface area contributed by atoms with Crippen LogP contribution in [0.15, 0.2) is 12.4 Å². The quantitative estimate of drug-likeness (QED) is 0.834. The summed E-state index contributed by atoms with van der Waals surface area (Å²) >= 11 is 0. The molecule has 0 atom stereocenters. The number of nitrogens with zero attached hydrogens (tertiary/aromatic N) is 1. The van der Waals surface area contributed by atoms with Gasteiger partial charge in [-0.3, -0.25) is 4.98 Å². The lowest BCUT2D eigenvalue weighted by atomic mass is 10.0. The largest absolute Gasteiger partial charge is 0.458 e. The lowest BCUT2D eigenvalue weighted by Gasteiger charge is -2.25. The van der Waals surface area contributed by atoms with Crippen molar-refractivity contribution in [2.75, 3.05) is 5.73 Å². The zero-order chi connectivity index (χ0) is 16.9. The van der Waals surface area contributed by atoms with Gasteiger partial charge in [0.05, 0.1) is 16.8 Å². The van der Waals surface area contributed by atoms with Gasteiger partial charge in [-0.15, -0.1) is 0 Å². The minimum Gasteiger partial charge on any atom is -0.398 e. The van der Waals surface area contributed by atoms with Crippen LogP contribution in [0.3, 0.4) is 0 Å². The molecule has 1 rings (SSSR count). The van der Waals surface area contributed by atoms with E-state index in [0.29, 0.717) is 0 Å². The summed E-state index contributed by atoms with van der Waals surface area (Å²) in [5, 5.41) is 0. The van der Waals surface area contributed by atoms with Crippen LogP contribution >= 0.6 is 0 Å².